The standard InChI is InChI=1S/C33H66N2/c1-4-7-10-12-14-16-17-18-19-20-21-22-24-26-28-33-34(29-9-6-3)31-32-35(33)30-27-25-23-15-13-11-8-5-2/h31-33H,4-30H2,1-3H3. The Morgan fingerprint density at radius 3 is 1.09 bits per heavy atom. The predicted octanol–water partition coefficient (Wildman–Crippen LogP) is 11.2. The summed E-state index contributed by atoms with van der Waals surface area (Å²) in [5.41, 5.74) is 0. The molecule has 1 aliphatic heterocycles. The number of hydrogen-bond acceptors (Lipinski definition) is 2. The lowest BCUT2D eigenvalue weighted by Gasteiger charge is -2.33. The summed E-state index contributed by atoms with van der Waals surface area (Å²) in [5, 5.41) is 0. The number of nitrogens with zero attached hydrogens (tertiary/aromatic N) is 2. The molecular weight excluding hydrogens is 424 g/mol. The fourth-order valence-electron chi connectivity index (χ4n) is 5.63. The summed E-state index contributed by atoms with van der Waals surface area (Å²) in [6.45, 7) is 9.44. The molecule has 0 aromatic heterocycles. The maximum Gasteiger partial charge on any atom is 0.101 e. The molecule has 0 fully saturated rings. The summed E-state index contributed by atoms with van der Waals surface area (Å²) in [6, 6.07) is 0. The lowest BCUT2D eigenvalue weighted by atomic mass is 10.0. The number of rotatable bonds is 27. The van der Waals surface area contributed by atoms with Gasteiger partial charge < -0.3 is 9.80 Å². The molecule has 0 aromatic carbocycles. The molecule has 0 N–H and O–H groups in total. The van der Waals surface area contributed by atoms with Crippen molar-refractivity contribution in [3.63, 3.8) is 0 Å². The van der Waals surface area contributed by atoms with E-state index in [1.807, 2.05) is 0 Å². The maximum atomic E-state index is 2.68. The van der Waals surface area contributed by atoms with E-state index in [0.717, 1.165) is 0 Å². The van der Waals surface area contributed by atoms with Crippen molar-refractivity contribution in [3.8, 4) is 0 Å². The van der Waals surface area contributed by atoms with Gasteiger partial charge in [0.2, 0.25) is 0 Å². The molecule has 0 bridgehead atoms. The third-order valence-corrected chi connectivity index (χ3v) is 8.07. The maximum absolute atomic E-state index is 2.68. The topological polar surface area (TPSA) is 6.48 Å². The fraction of sp³-hybridized carbons (Fsp3) is 0.939. The van der Waals surface area contributed by atoms with Gasteiger partial charge in [-0.1, -0.05) is 156 Å². The van der Waals surface area contributed by atoms with Gasteiger partial charge in [-0.3, -0.25) is 0 Å². The Bertz CT molecular complexity index is 446. The molecule has 35 heavy (non-hydrogen) atoms. The minimum atomic E-state index is 0.642. The van der Waals surface area contributed by atoms with Crippen molar-refractivity contribution in [1.29, 1.82) is 0 Å². The second-order valence-corrected chi connectivity index (χ2v) is 11.5. The Morgan fingerprint density at radius 1 is 0.371 bits per heavy atom. The third kappa shape index (κ3) is 18.3. The van der Waals surface area contributed by atoms with E-state index in [-0.39, 0.29) is 0 Å². The van der Waals surface area contributed by atoms with Crippen LogP contribution in [0.1, 0.15) is 181 Å². The molecule has 1 rings (SSSR count). The van der Waals surface area contributed by atoms with Crippen molar-refractivity contribution in [1.82, 2.24) is 9.80 Å². The zero-order valence-electron chi connectivity index (χ0n) is 24.7. The van der Waals surface area contributed by atoms with Crippen LogP contribution < -0.4 is 0 Å². The Labute approximate surface area is 222 Å². The summed E-state index contributed by atoms with van der Waals surface area (Å²) in [6.07, 6.45) is 41.1. The van der Waals surface area contributed by atoms with Gasteiger partial charge in [0, 0.05) is 25.5 Å². The summed E-state index contributed by atoms with van der Waals surface area (Å²) in [7, 11) is 0. The molecule has 0 amide bonds. The first kappa shape index (κ1) is 32.4. The summed E-state index contributed by atoms with van der Waals surface area (Å²) >= 11 is 0. The molecule has 208 valence electrons. The summed E-state index contributed by atoms with van der Waals surface area (Å²) in [5.74, 6) is 0. The van der Waals surface area contributed by atoms with Gasteiger partial charge in [0.15, 0.2) is 0 Å². The third-order valence-electron chi connectivity index (χ3n) is 8.07. The first-order valence-corrected chi connectivity index (χ1v) is 16.5. The van der Waals surface area contributed by atoms with E-state index >= 15 is 0 Å². The largest absolute Gasteiger partial charge is 0.356 e. The molecule has 0 saturated carbocycles. The molecule has 2 heteroatoms. The van der Waals surface area contributed by atoms with Crippen LogP contribution in [-0.4, -0.2) is 29.1 Å². The number of hydrogen-bond donors (Lipinski definition) is 0. The first-order valence-electron chi connectivity index (χ1n) is 16.5. The fourth-order valence-corrected chi connectivity index (χ4v) is 5.63. The van der Waals surface area contributed by atoms with Crippen molar-refractivity contribution in [2.45, 2.75) is 187 Å². The highest BCUT2D eigenvalue weighted by molar-refractivity contribution is 4.96. The van der Waals surface area contributed by atoms with Gasteiger partial charge in [0.05, 0.1) is 0 Å². The van der Waals surface area contributed by atoms with E-state index in [2.05, 4.69) is 43.0 Å². The van der Waals surface area contributed by atoms with E-state index in [4.69, 9.17) is 0 Å². The van der Waals surface area contributed by atoms with Crippen molar-refractivity contribution < 1.29 is 0 Å². The minimum absolute atomic E-state index is 0.642. The Kier molecular flexibility index (Phi) is 23.1. The molecule has 0 aliphatic carbocycles. The predicted molar refractivity (Wildman–Crippen MR) is 159 cm³/mol. The van der Waals surface area contributed by atoms with Crippen molar-refractivity contribution >= 4 is 0 Å². The van der Waals surface area contributed by atoms with Crippen LogP contribution in [0.25, 0.3) is 0 Å². The van der Waals surface area contributed by atoms with Crippen LogP contribution in [0.15, 0.2) is 12.4 Å². The van der Waals surface area contributed by atoms with Crippen LogP contribution in [0.5, 0.6) is 0 Å². The van der Waals surface area contributed by atoms with Gasteiger partial charge in [-0.2, -0.15) is 0 Å². The smallest absolute Gasteiger partial charge is 0.101 e. The number of unbranched alkanes of at least 4 members (excludes halogenated alkanes) is 21. The van der Waals surface area contributed by atoms with E-state index in [1.165, 1.54) is 174 Å². The average Bonchev–Trinajstić information content (AvgIpc) is 3.25. The van der Waals surface area contributed by atoms with Crippen LogP contribution in [0, 0.1) is 0 Å². The zero-order chi connectivity index (χ0) is 25.2. The minimum Gasteiger partial charge on any atom is -0.356 e. The molecule has 2 nitrogen and oxygen atoms in total. The summed E-state index contributed by atoms with van der Waals surface area (Å²) < 4.78 is 0. The van der Waals surface area contributed by atoms with Gasteiger partial charge in [0.1, 0.15) is 6.17 Å². The van der Waals surface area contributed by atoms with Gasteiger partial charge in [-0.15, -0.1) is 0 Å². The zero-order valence-corrected chi connectivity index (χ0v) is 24.7. The Hall–Kier alpha value is -0.660. The van der Waals surface area contributed by atoms with Crippen molar-refractivity contribution in [2.24, 2.45) is 0 Å². The molecule has 0 saturated heterocycles. The van der Waals surface area contributed by atoms with Crippen molar-refractivity contribution in [3.05, 3.63) is 12.4 Å². The van der Waals surface area contributed by atoms with E-state index in [9.17, 15) is 0 Å². The first-order chi connectivity index (χ1) is 17.3. The molecule has 0 radical (unpaired) electrons. The van der Waals surface area contributed by atoms with Gasteiger partial charge in [-0.05, 0) is 25.7 Å². The van der Waals surface area contributed by atoms with Crippen LogP contribution in [0.3, 0.4) is 0 Å². The van der Waals surface area contributed by atoms with Crippen LogP contribution in [-0.2, 0) is 0 Å². The molecule has 0 aromatic rings. The van der Waals surface area contributed by atoms with E-state index in [0.29, 0.717) is 6.17 Å². The normalized spacial score (nSPS) is 15.6. The SMILES string of the molecule is CCCCCCCCCCCCCCCCC1N(CCCC)C=CN1CCCCCCCCCC. The quantitative estimate of drug-likeness (QED) is 0.106. The lowest BCUT2D eigenvalue weighted by molar-refractivity contribution is 0.136. The molecule has 1 atom stereocenters. The molecule has 0 spiro atoms. The molecule has 1 unspecified atom stereocenters. The van der Waals surface area contributed by atoms with Crippen LogP contribution in [0.2, 0.25) is 0 Å². The highest BCUT2D eigenvalue weighted by atomic mass is 15.4. The lowest BCUT2D eigenvalue weighted by Crippen LogP contribution is -2.39. The van der Waals surface area contributed by atoms with Gasteiger partial charge in [0.25, 0.3) is 0 Å². The van der Waals surface area contributed by atoms with E-state index < -0.39 is 0 Å². The highest BCUT2D eigenvalue weighted by Crippen LogP contribution is 2.23. The van der Waals surface area contributed by atoms with Crippen LogP contribution in [0.4, 0.5) is 0 Å². The highest BCUT2D eigenvalue weighted by Gasteiger charge is 2.24. The Balaban J connectivity index is 2.07. The monoisotopic (exact) mass is 491 g/mol. The average molecular weight is 491 g/mol. The van der Waals surface area contributed by atoms with E-state index in [1.54, 1.807) is 0 Å². The van der Waals surface area contributed by atoms with Gasteiger partial charge >= 0.3 is 0 Å². The van der Waals surface area contributed by atoms with Gasteiger partial charge in [-0.25, -0.2) is 0 Å². The van der Waals surface area contributed by atoms with Crippen molar-refractivity contribution in [2.75, 3.05) is 13.1 Å². The van der Waals surface area contributed by atoms with Crippen LogP contribution >= 0.6 is 0 Å². The second-order valence-electron chi connectivity index (χ2n) is 11.5. The molecular formula is C33H66N2. The summed E-state index contributed by atoms with van der Waals surface area (Å²) in [4.78, 5) is 5.32. The Morgan fingerprint density at radius 2 is 0.686 bits per heavy atom. The molecule has 1 aliphatic rings. The molecule has 1 heterocycles. The second kappa shape index (κ2) is 25.0.